The molecule has 0 bridgehead atoms. The highest BCUT2D eigenvalue weighted by atomic mass is 35.5. The molecule has 0 radical (unpaired) electrons. The van der Waals surface area contributed by atoms with E-state index in [1.54, 1.807) is 10.8 Å². The first-order valence-corrected chi connectivity index (χ1v) is 9.87. The smallest absolute Gasteiger partial charge is 0.303 e. The number of rotatable bonds is 10. The molecule has 2 aromatic rings. The highest BCUT2D eigenvalue weighted by molar-refractivity contribution is 7.89. The molecule has 9 nitrogen and oxygen atoms in total. The summed E-state index contributed by atoms with van der Waals surface area (Å²) >= 11 is 5.77. The number of carbonyl (C=O) groups is 2. The third-order valence-corrected chi connectivity index (χ3v) is 5.30. The van der Waals surface area contributed by atoms with Gasteiger partial charge in [-0.3, -0.25) is 9.59 Å². The quantitative estimate of drug-likeness (QED) is 0.467. The Hall–Kier alpha value is -2.14. The van der Waals surface area contributed by atoms with Crippen molar-refractivity contribution in [2.45, 2.75) is 30.3 Å². The van der Waals surface area contributed by atoms with E-state index in [1.807, 2.05) is 0 Å². The lowest BCUT2D eigenvalue weighted by Crippen LogP contribution is -2.49. The van der Waals surface area contributed by atoms with Crippen LogP contribution in [0.25, 0.3) is 0 Å². The highest BCUT2D eigenvalue weighted by Crippen LogP contribution is 2.14. The number of carboxylic acid groups (broad SMARTS) is 1. The van der Waals surface area contributed by atoms with Gasteiger partial charge in [-0.1, -0.05) is 11.6 Å². The Morgan fingerprint density at radius 3 is 2.50 bits per heavy atom. The normalized spacial score (nSPS) is 12.0. The molecule has 0 spiro atoms. The fraction of sp³-hybridized carbons (Fsp3) is 0.312. The maximum absolute atomic E-state index is 12.6. The van der Waals surface area contributed by atoms with Gasteiger partial charge in [-0.25, -0.2) is 13.4 Å². The summed E-state index contributed by atoms with van der Waals surface area (Å²) in [7, 11) is -3.97. The van der Waals surface area contributed by atoms with Crippen LogP contribution in [0, 0.1) is 0 Å². The number of aromatic nitrogens is 2. The summed E-state index contributed by atoms with van der Waals surface area (Å²) in [6, 6.07) is 4.44. The van der Waals surface area contributed by atoms with Crippen LogP contribution < -0.4 is 10.0 Å². The standard InChI is InChI=1S/C16H19ClN4O5S.ClH/c17-12-3-5-13(6-4-12)27(25,26)20-14(10-21-9-8-18-11-21)16(24)19-7-1-2-15(22)23;/h3-6,8-9,11,14,20H,1-2,7,10H2,(H,19,24)(H,22,23);1H/t14-;/m0./s1. The van der Waals surface area contributed by atoms with Crippen molar-refractivity contribution in [3.05, 3.63) is 48.0 Å². The molecule has 0 unspecified atom stereocenters. The van der Waals surface area contributed by atoms with Crippen molar-refractivity contribution in [3.63, 3.8) is 0 Å². The van der Waals surface area contributed by atoms with Crippen LogP contribution in [0.1, 0.15) is 12.8 Å². The molecule has 3 N–H and O–H groups in total. The van der Waals surface area contributed by atoms with Crippen molar-refractivity contribution < 1.29 is 23.1 Å². The predicted octanol–water partition coefficient (Wildman–Crippen LogP) is 1.29. The van der Waals surface area contributed by atoms with Gasteiger partial charge < -0.3 is 15.0 Å². The van der Waals surface area contributed by atoms with Gasteiger partial charge in [-0.15, -0.1) is 12.4 Å². The van der Waals surface area contributed by atoms with Crippen LogP contribution in [0.2, 0.25) is 5.02 Å². The second-order valence-electron chi connectivity index (χ2n) is 5.68. The Kier molecular flexibility index (Phi) is 9.39. The molecule has 1 atom stereocenters. The minimum absolute atomic E-state index is 0. The van der Waals surface area contributed by atoms with Gasteiger partial charge in [0, 0.05) is 36.9 Å². The molecule has 0 saturated heterocycles. The number of hydrogen-bond acceptors (Lipinski definition) is 5. The maximum Gasteiger partial charge on any atom is 0.303 e. The minimum Gasteiger partial charge on any atom is -0.481 e. The fourth-order valence-corrected chi connectivity index (χ4v) is 3.54. The third-order valence-electron chi connectivity index (χ3n) is 3.56. The number of carbonyl (C=O) groups excluding carboxylic acids is 1. The molecule has 28 heavy (non-hydrogen) atoms. The third kappa shape index (κ3) is 7.47. The van der Waals surface area contributed by atoms with Crippen LogP contribution in [0.3, 0.4) is 0 Å². The van der Waals surface area contributed by atoms with Gasteiger partial charge in [0.2, 0.25) is 15.9 Å². The zero-order valence-corrected chi connectivity index (χ0v) is 17.0. The molecule has 0 saturated carbocycles. The molecule has 12 heteroatoms. The van der Waals surface area contributed by atoms with E-state index in [0.29, 0.717) is 5.02 Å². The first-order valence-electron chi connectivity index (χ1n) is 8.01. The molecular weight excluding hydrogens is 431 g/mol. The highest BCUT2D eigenvalue weighted by Gasteiger charge is 2.26. The largest absolute Gasteiger partial charge is 0.481 e. The van der Waals surface area contributed by atoms with E-state index in [-0.39, 0.29) is 43.2 Å². The zero-order chi connectivity index (χ0) is 19.9. The molecule has 0 aliphatic rings. The maximum atomic E-state index is 12.6. The summed E-state index contributed by atoms with van der Waals surface area (Å²) in [5.74, 6) is -1.53. The second kappa shape index (κ2) is 11.0. The topological polar surface area (TPSA) is 130 Å². The molecular formula is C16H20Cl2N4O5S. The molecule has 1 aromatic heterocycles. The Morgan fingerprint density at radius 2 is 1.93 bits per heavy atom. The van der Waals surface area contributed by atoms with E-state index in [9.17, 15) is 18.0 Å². The monoisotopic (exact) mass is 450 g/mol. The predicted molar refractivity (Wildman–Crippen MR) is 105 cm³/mol. The SMILES string of the molecule is Cl.O=C(O)CCCNC(=O)[C@H](Cn1ccnc1)NS(=O)(=O)c1ccc(Cl)cc1. The summed E-state index contributed by atoms with van der Waals surface area (Å²) in [5, 5.41) is 11.6. The number of hydrogen-bond donors (Lipinski definition) is 3. The van der Waals surface area contributed by atoms with Gasteiger partial charge in [0.1, 0.15) is 6.04 Å². The van der Waals surface area contributed by atoms with Crippen LogP contribution in [0.4, 0.5) is 0 Å². The van der Waals surface area contributed by atoms with E-state index in [2.05, 4.69) is 15.0 Å². The molecule has 0 aliphatic carbocycles. The lowest BCUT2D eigenvalue weighted by molar-refractivity contribution is -0.137. The second-order valence-corrected chi connectivity index (χ2v) is 7.83. The van der Waals surface area contributed by atoms with Crippen LogP contribution in [-0.2, 0) is 26.2 Å². The zero-order valence-electron chi connectivity index (χ0n) is 14.6. The number of imidazole rings is 1. The summed E-state index contributed by atoms with van der Waals surface area (Å²) in [6.45, 7) is 0.145. The molecule has 1 heterocycles. The van der Waals surface area contributed by atoms with E-state index >= 15 is 0 Å². The Labute approximate surface area is 173 Å². The van der Waals surface area contributed by atoms with Crippen molar-refractivity contribution in [1.82, 2.24) is 19.6 Å². The van der Waals surface area contributed by atoms with E-state index in [0.717, 1.165) is 0 Å². The number of benzene rings is 1. The molecule has 2 rings (SSSR count). The minimum atomic E-state index is -3.97. The molecule has 0 aliphatic heterocycles. The number of amides is 1. The Bertz CT molecular complexity index is 873. The molecule has 1 aromatic carbocycles. The summed E-state index contributed by atoms with van der Waals surface area (Å²) in [6.07, 6.45) is 4.71. The number of halogens is 2. The van der Waals surface area contributed by atoms with Crippen molar-refractivity contribution in [1.29, 1.82) is 0 Å². The fourth-order valence-electron chi connectivity index (χ4n) is 2.22. The van der Waals surface area contributed by atoms with E-state index in [1.165, 1.54) is 36.8 Å². The first kappa shape index (κ1) is 23.9. The van der Waals surface area contributed by atoms with E-state index < -0.39 is 27.9 Å². The van der Waals surface area contributed by atoms with Crippen LogP contribution in [-0.4, -0.2) is 47.5 Å². The molecule has 154 valence electrons. The number of nitrogens with one attached hydrogen (secondary N) is 2. The van der Waals surface area contributed by atoms with Crippen LogP contribution in [0.5, 0.6) is 0 Å². The van der Waals surface area contributed by atoms with Gasteiger partial charge in [-0.05, 0) is 30.7 Å². The lowest BCUT2D eigenvalue weighted by Gasteiger charge is -2.19. The number of sulfonamides is 1. The average molecular weight is 451 g/mol. The molecule has 1 amide bonds. The van der Waals surface area contributed by atoms with Gasteiger partial charge in [0.25, 0.3) is 0 Å². The number of aliphatic carboxylic acids is 1. The summed E-state index contributed by atoms with van der Waals surface area (Å²) in [5.41, 5.74) is 0. The lowest BCUT2D eigenvalue weighted by atomic mass is 10.2. The summed E-state index contributed by atoms with van der Waals surface area (Å²) < 4.78 is 29.1. The first-order chi connectivity index (χ1) is 12.8. The van der Waals surface area contributed by atoms with Gasteiger partial charge in [0.05, 0.1) is 11.2 Å². The Morgan fingerprint density at radius 1 is 1.25 bits per heavy atom. The van der Waals surface area contributed by atoms with Gasteiger partial charge in [-0.2, -0.15) is 4.72 Å². The average Bonchev–Trinajstić information content (AvgIpc) is 3.11. The van der Waals surface area contributed by atoms with Crippen molar-refractivity contribution >= 4 is 45.9 Å². The van der Waals surface area contributed by atoms with Crippen LogP contribution in [0.15, 0.2) is 47.9 Å². The van der Waals surface area contributed by atoms with Crippen LogP contribution >= 0.6 is 24.0 Å². The van der Waals surface area contributed by atoms with Crippen molar-refractivity contribution in [2.24, 2.45) is 0 Å². The van der Waals surface area contributed by atoms with Gasteiger partial charge >= 0.3 is 5.97 Å². The number of nitrogens with zero attached hydrogens (tertiary/aromatic N) is 2. The number of carboxylic acids is 1. The van der Waals surface area contributed by atoms with Crippen molar-refractivity contribution in [2.75, 3.05) is 6.54 Å². The van der Waals surface area contributed by atoms with E-state index in [4.69, 9.17) is 16.7 Å². The van der Waals surface area contributed by atoms with Crippen molar-refractivity contribution in [3.8, 4) is 0 Å². The molecule has 0 fully saturated rings. The summed E-state index contributed by atoms with van der Waals surface area (Å²) in [4.78, 5) is 26.8. The van der Waals surface area contributed by atoms with Gasteiger partial charge in [0.15, 0.2) is 0 Å². The Balaban J connectivity index is 0.00000392.